The van der Waals surface area contributed by atoms with E-state index < -0.39 is 52.1 Å². The highest BCUT2D eigenvalue weighted by Crippen LogP contribution is 2.34. The summed E-state index contributed by atoms with van der Waals surface area (Å²) in [5.41, 5.74) is 1.05. The maximum Gasteiger partial charge on any atom is 0.267 e. The number of piperidine rings is 1. The van der Waals surface area contributed by atoms with Gasteiger partial charge in [0.25, 0.3) is 9.05 Å². The molecule has 0 N–H and O–H groups in total. The minimum atomic E-state index is -5.20. The molecule has 5 nitrogen and oxygen atoms in total. The van der Waals surface area contributed by atoms with E-state index in [-0.39, 0.29) is 32.5 Å². The summed E-state index contributed by atoms with van der Waals surface area (Å²) in [7, 11) is -5.35. The Hall–Kier alpha value is -1.34. The molecule has 0 spiro atoms. The van der Waals surface area contributed by atoms with Crippen LogP contribution in [0.25, 0.3) is 0 Å². The minimum Gasteiger partial charge on any atom is -0.207 e. The lowest BCUT2D eigenvalue weighted by Crippen LogP contribution is -2.40. The highest BCUT2D eigenvalue weighted by Gasteiger charge is 2.40. The molecule has 1 saturated heterocycles. The first-order chi connectivity index (χ1) is 14.9. The Bertz CT molecular complexity index is 1140. The molecule has 186 valence electrons. The van der Waals surface area contributed by atoms with Gasteiger partial charge >= 0.3 is 0 Å². The molecule has 33 heavy (non-hydrogen) atoms. The molecule has 13 heteroatoms. The lowest BCUT2D eigenvalue weighted by molar-refractivity contribution is 0.270. The highest BCUT2D eigenvalue weighted by molar-refractivity contribution is 8.13. The molecule has 0 bridgehead atoms. The SMILES string of the molecule is CC.O=S(=O)(Cl)c1c(F)c(F)c(S(=O)(=O)N2CCC(Cc3ccccc3)CC2)c(F)c1F.S. The molecule has 0 atom stereocenters. The van der Waals surface area contributed by atoms with Crippen molar-refractivity contribution >= 4 is 43.3 Å². The van der Waals surface area contributed by atoms with Crippen LogP contribution in [0.4, 0.5) is 17.6 Å². The zero-order valence-electron chi connectivity index (χ0n) is 17.8. The number of nitrogens with zero attached hydrogens (tertiary/aromatic N) is 1. The number of sulfonamides is 1. The van der Waals surface area contributed by atoms with Crippen molar-refractivity contribution in [2.24, 2.45) is 5.92 Å². The van der Waals surface area contributed by atoms with Gasteiger partial charge in [0, 0.05) is 23.8 Å². The first kappa shape index (κ1) is 29.7. The third-order valence-corrected chi connectivity index (χ3v) is 8.19. The van der Waals surface area contributed by atoms with Crippen LogP contribution in [0.2, 0.25) is 0 Å². The molecule has 0 aromatic heterocycles. The van der Waals surface area contributed by atoms with E-state index in [1.54, 1.807) is 0 Å². The van der Waals surface area contributed by atoms with Crippen LogP contribution in [0.5, 0.6) is 0 Å². The molecule has 0 amide bonds. The van der Waals surface area contributed by atoms with E-state index in [0.717, 1.165) is 9.87 Å². The largest absolute Gasteiger partial charge is 0.267 e. The van der Waals surface area contributed by atoms with E-state index in [0.29, 0.717) is 19.3 Å². The molecule has 2 aromatic rings. The summed E-state index contributed by atoms with van der Waals surface area (Å²) in [6.07, 6.45) is 1.43. The molecule has 1 fully saturated rings. The van der Waals surface area contributed by atoms with Gasteiger partial charge in [-0.05, 0) is 30.7 Å². The van der Waals surface area contributed by atoms with Crippen molar-refractivity contribution in [2.75, 3.05) is 13.1 Å². The molecular weight excluding hydrogens is 526 g/mol. The number of hydrogen-bond acceptors (Lipinski definition) is 4. The van der Waals surface area contributed by atoms with Crippen molar-refractivity contribution in [1.29, 1.82) is 0 Å². The molecule has 3 rings (SSSR count). The minimum absolute atomic E-state index is 0. The summed E-state index contributed by atoms with van der Waals surface area (Å²) in [5.74, 6) is -9.33. The quantitative estimate of drug-likeness (QED) is 0.300. The lowest BCUT2D eigenvalue weighted by Gasteiger charge is -2.31. The summed E-state index contributed by atoms with van der Waals surface area (Å²) in [4.78, 5) is -3.94. The van der Waals surface area contributed by atoms with Gasteiger partial charge in [-0.25, -0.2) is 34.4 Å². The third-order valence-electron chi connectivity index (χ3n) is 4.97. The Morgan fingerprint density at radius 1 is 0.848 bits per heavy atom. The molecule has 0 unspecified atom stereocenters. The van der Waals surface area contributed by atoms with Gasteiger partial charge in [-0.15, -0.1) is 0 Å². The van der Waals surface area contributed by atoms with Gasteiger partial charge in [-0.3, -0.25) is 0 Å². The fourth-order valence-corrected chi connectivity index (χ4v) is 6.06. The maximum atomic E-state index is 14.3. The van der Waals surface area contributed by atoms with Crippen molar-refractivity contribution in [3.63, 3.8) is 0 Å². The third kappa shape index (κ3) is 6.41. The van der Waals surface area contributed by atoms with Gasteiger partial charge in [0.2, 0.25) is 10.0 Å². The van der Waals surface area contributed by atoms with Crippen LogP contribution < -0.4 is 0 Å². The standard InChI is InChI=1S/C18H16ClF4NO4S2.C2H6.H2S/c19-29(25,26)17-13(20)15(22)18(16(23)14(17)21)30(27,28)24-8-6-12(7-9-24)10-11-4-2-1-3-5-11;1-2;/h1-5,12H,6-10H2;1-2H3;1H2. The van der Waals surface area contributed by atoms with Crippen molar-refractivity contribution in [1.82, 2.24) is 4.31 Å². The number of rotatable bonds is 5. The zero-order valence-corrected chi connectivity index (χ0v) is 21.2. The molecule has 1 aliphatic rings. The Morgan fingerprint density at radius 3 is 1.70 bits per heavy atom. The molecule has 1 heterocycles. The Morgan fingerprint density at radius 2 is 1.27 bits per heavy atom. The van der Waals surface area contributed by atoms with Crippen LogP contribution >= 0.6 is 24.2 Å². The number of halogens is 5. The van der Waals surface area contributed by atoms with Crippen LogP contribution in [-0.4, -0.2) is 34.2 Å². The van der Waals surface area contributed by atoms with E-state index in [1.165, 1.54) is 0 Å². The Labute approximate surface area is 202 Å². The van der Waals surface area contributed by atoms with Gasteiger partial charge in [-0.2, -0.15) is 17.8 Å². The van der Waals surface area contributed by atoms with Crippen molar-refractivity contribution in [3.8, 4) is 0 Å². The second-order valence-corrected chi connectivity index (χ2v) is 11.3. The van der Waals surface area contributed by atoms with E-state index in [1.807, 2.05) is 44.2 Å². The first-order valence-corrected chi connectivity index (χ1v) is 13.5. The van der Waals surface area contributed by atoms with Gasteiger partial charge < -0.3 is 0 Å². The predicted octanol–water partition coefficient (Wildman–Crippen LogP) is 4.95. The molecule has 2 aromatic carbocycles. The summed E-state index contributed by atoms with van der Waals surface area (Å²) in [6, 6.07) is 9.45. The number of hydrogen-bond donors (Lipinski definition) is 0. The van der Waals surface area contributed by atoms with Gasteiger partial charge in [0.15, 0.2) is 33.1 Å². The molecule has 0 aliphatic carbocycles. The zero-order chi connectivity index (χ0) is 24.3. The van der Waals surface area contributed by atoms with Crippen LogP contribution in [-0.2, 0) is 25.5 Å². The van der Waals surface area contributed by atoms with Crippen molar-refractivity contribution in [2.45, 2.75) is 42.9 Å². The van der Waals surface area contributed by atoms with Crippen LogP contribution in [0.3, 0.4) is 0 Å². The van der Waals surface area contributed by atoms with E-state index in [9.17, 15) is 34.4 Å². The van der Waals surface area contributed by atoms with Crippen LogP contribution in [0.1, 0.15) is 32.3 Å². The molecule has 1 aliphatic heterocycles. The molecular formula is C20H24ClF4NO4S3. The van der Waals surface area contributed by atoms with Gasteiger partial charge in [0.05, 0.1) is 0 Å². The second kappa shape index (κ2) is 11.9. The first-order valence-electron chi connectivity index (χ1n) is 9.79. The van der Waals surface area contributed by atoms with Gasteiger partial charge in [0.1, 0.15) is 0 Å². The van der Waals surface area contributed by atoms with Gasteiger partial charge in [-0.1, -0.05) is 44.2 Å². The van der Waals surface area contributed by atoms with Crippen molar-refractivity contribution in [3.05, 3.63) is 59.2 Å². The fourth-order valence-electron chi connectivity index (χ4n) is 3.46. The average molecular weight is 550 g/mol. The Kier molecular flexibility index (Phi) is 10.7. The smallest absolute Gasteiger partial charge is 0.207 e. The average Bonchev–Trinajstić information content (AvgIpc) is 2.74. The topological polar surface area (TPSA) is 71.5 Å². The normalized spacial score (nSPS) is 15.4. The van der Waals surface area contributed by atoms with Crippen LogP contribution in [0.15, 0.2) is 40.1 Å². The fraction of sp³-hybridized carbons (Fsp3) is 0.400. The van der Waals surface area contributed by atoms with E-state index in [4.69, 9.17) is 10.7 Å². The summed E-state index contributed by atoms with van der Waals surface area (Å²) in [5, 5.41) is 0. The monoisotopic (exact) mass is 549 g/mol. The number of benzene rings is 2. The summed E-state index contributed by atoms with van der Waals surface area (Å²) in [6.45, 7) is 3.77. The van der Waals surface area contributed by atoms with E-state index in [2.05, 4.69) is 0 Å². The Balaban J connectivity index is 0.00000177. The highest BCUT2D eigenvalue weighted by atomic mass is 35.7. The second-order valence-electron chi connectivity index (χ2n) is 6.89. The van der Waals surface area contributed by atoms with E-state index >= 15 is 0 Å². The lowest BCUT2D eigenvalue weighted by atomic mass is 9.91. The maximum absolute atomic E-state index is 14.3. The summed E-state index contributed by atoms with van der Waals surface area (Å²) < 4.78 is 105. The molecule has 0 radical (unpaired) electrons. The van der Waals surface area contributed by atoms with Crippen molar-refractivity contribution < 1.29 is 34.4 Å². The molecule has 0 saturated carbocycles. The summed E-state index contributed by atoms with van der Waals surface area (Å²) >= 11 is 0. The predicted molar refractivity (Wildman–Crippen MR) is 123 cm³/mol. The van der Waals surface area contributed by atoms with Crippen LogP contribution in [0, 0.1) is 29.2 Å².